The van der Waals surface area contributed by atoms with Crippen molar-refractivity contribution < 1.29 is 37.0 Å². The lowest BCUT2D eigenvalue weighted by molar-refractivity contribution is -0.275. The maximum Gasteiger partial charge on any atom is 0.573 e. The minimum atomic E-state index is -4.90. The van der Waals surface area contributed by atoms with Gasteiger partial charge in [-0.25, -0.2) is 9.78 Å². The molecular weight excluding hydrogens is 393 g/mol. The molecule has 0 saturated carbocycles. The molecule has 0 bridgehead atoms. The topological polar surface area (TPSA) is 85.0 Å². The molecule has 152 valence electrons. The first-order chi connectivity index (χ1) is 13.8. The fourth-order valence-corrected chi connectivity index (χ4v) is 2.63. The first-order valence-electron chi connectivity index (χ1n) is 8.19. The summed E-state index contributed by atoms with van der Waals surface area (Å²) in [6, 6.07) is 9.92. The number of rotatable bonds is 7. The van der Waals surface area contributed by atoms with Gasteiger partial charge in [0.05, 0.1) is 25.4 Å². The van der Waals surface area contributed by atoms with Crippen molar-refractivity contribution in [2.75, 3.05) is 12.0 Å². The number of aromatic nitrogens is 1. The Morgan fingerprint density at radius 3 is 2.38 bits per heavy atom. The van der Waals surface area contributed by atoms with Crippen LogP contribution in [0, 0.1) is 0 Å². The molecule has 3 aromatic rings. The molecule has 3 rings (SSSR count). The second kappa shape index (κ2) is 8.13. The van der Waals surface area contributed by atoms with Crippen LogP contribution in [-0.4, -0.2) is 29.5 Å². The highest BCUT2D eigenvalue weighted by molar-refractivity contribution is 5.88. The molecule has 0 radical (unpaired) electrons. The number of hydrogen-bond acceptors (Lipinski definition) is 6. The summed E-state index contributed by atoms with van der Waals surface area (Å²) in [5.74, 6) is -1.25. The van der Waals surface area contributed by atoms with Gasteiger partial charge in [0.2, 0.25) is 0 Å². The average Bonchev–Trinajstić information content (AvgIpc) is 3.18. The summed E-state index contributed by atoms with van der Waals surface area (Å²) in [4.78, 5) is 16.5. The van der Waals surface area contributed by atoms with Gasteiger partial charge >= 0.3 is 12.3 Å². The summed E-state index contributed by atoms with van der Waals surface area (Å²) < 4.78 is 52.6. The number of nitrogens with zero attached hydrogens (tertiary/aromatic N) is 2. The van der Waals surface area contributed by atoms with Crippen molar-refractivity contribution in [3.8, 4) is 11.5 Å². The van der Waals surface area contributed by atoms with Crippen molar-refractivity contribution in [2.45, 2.75) is 12.9 Å². The summed E-state index contributed by atoms with van der Waals surface area (Å²) in [5.41, 5.74) is 0.934. The number of methoxy groups -OCH3 is 1. The molecule has 0 aliphatic rings. The maximum absolute atomic E-state index is 12.8. The minimum absolute atomic E-state index is 0.0733. The number of ether oxygens (including phenoxy) is 2. The summed E-state index contributed by atoms with van der Waals surface area (Å²) in [7, 11) is 1.23. The van der Waals surface area contributed by atoms with E-state index >= 15 is 0 Å². The third kappa shape index (κ3) is 4.98. The molecule has 7 nitrogen and oxygen atoms in total. The largest absolute Gasteiger partial charge is 0.573 e. The zero-order valence-electron chi connectivity index (χ0n) is 15.0. The van der Waals surface area contributed by atoms with Gasteiger partial charge < -0.3 is 23.9 Å². The van der Waals surface area contributed by atoms with Gasteiger partial charge in [0.15, 0.2) is 17.9 Å². The van der Waals surface area contributed by atoms with Gasteiger partial charge in [-0.3, -0.25) is 0 Å². The lowest BCUT2D eigenvalue weighted by atomic mass is 10.1. The Labute approximate surface area is 162 Å². The lowest BCUT2D eigenvalue weighted by Gasteiger charge is -2.25. The highest BCUT2D eigenvalue weighted by Crippen LogP contribution is 2.38. The number of halogens is 3. The number of oxazole rings is 1. The fourth-order valence-electron chi connectivity index (χ4n) is 2.63. The number of carbonyl (C=O) groups is 1. The van der Waals surface area contributed by atoms with Crippen LogP contribution in [0.5, 0.6) is 11.5 Å². The van der Waals surface area contributed by atoms with Crippen LogP contribution in [0.3, 0.4) is 0 Å². The van der Waals surface area contributed by atoms with Crippen LogP contribution in [0.1, 0.15) is 16.1 Å². The number of carboxylic acid groups (broad SMARTS) is 1. The molecule has 0 atom stereocenters. The molecule has 0 unspecified atom stereocenters. The van der Waals surface area contributed by atoms with Crippen LogP contribution in [0.2, 0.25) is 0 Å². The molecule has 1 N–H and O–H groups in total. The Kier molecular flexibility index (Phi) is 5.62. The van der Waals surface area contributed by atoms with Crippen molar-refractivity contribution in [3.63, 3.8) is 0 Å². The van der Waals surface area contributed by atoms with E-state index in [0.717, 1.165) is 0 Å². The van der Waals surface area contributed by atoms with Crippen molar-refractivity contribution in [1.29, 1.82) is 0 Å². The molecule has 1 heterocycles. The van der Waals surface area contributed by atoms with Crippen molar-refractivity contribution in [2.24, 2.45) is 0 Å². The van der Waals surface area contributed by atoms with Gasteiger partial charge in [-0.2, -0.15) is 0 Å². The average molecular weight is 408 g/mol. The van der Waals surface area contributed by atoms with Gasteiger partial charge in [0.1, 0.15) is 5.76 Å². The molecule has 0 saturated heterocycles. The number of aromatic carboxylic acids is 1. The van der Waals surface area contributed by atoms with E-state index < -0.39 is 18.1 Å². The van der Waals surface area contributed by atoms with Crippen molar-refractivity contribution in [1.82, 2.24) is 4.98 Å². The molecule has 2 aromatic carbocycles. The fraction of sp³-hybridized carbons (Fsp3) is 0.158. The molecule has 0 amide bonds. The van der Waals surface area contributed by atoms with Crippen LogP contribution in [0.25, 0.3) is 0 Å². The minimum Gasteiger partial charge on any atom is -0.493 e. The van der Waals surface area contributed by atoms with Crippen molar-refractivity contribution in [3.05, 3.63) is 66.4 Å². The Morgan fingerprint density at radius 2 is 1.83 bits per heavy atom. The summed E-state index contributed by atoms with van der Waals surface area (Å²) >= 11 is 0. The second-order valence-electron chi connectivity index (χ2n) is 5.79. The lowest BCUT2D eigenvalue weighted by Crippen LogP contribution is -2.19. The number of anilines is 2. The molecule has 0 fully saturated rings. The smallest absolute Gasteiger partial charge is 0.493 e. The molecular formula is C19H15F3N2O5. The van der Waals surface area contributed by atoms with Gasteiger partial charge in [-0.1, -0.05) is 0 Å². The third-order valence-corrected chi connectivity index (χ3v) is 3.91. The van der Waals surface area contributed by atoms with Crippen LogP contribution in [0.4, 0.5) is 24.5 Å². The van der Waals surface area contributed by atoms with E-state index in [1.807, 2.05) is 0 Å². The highest BCUT2D eigenvalue weighted by Gasteiger charge is 2.33. The summed E-state index contributed by atoms with van der Waals surface area (Å²) in [6.45, 7) is 0.129. The number of hydrogen-bond donors (Lipinski definition) is 1. The van der Waals surface area contributed by atoms with Crippen LogP contribution in [0.15, 0.2) is 59.5 Å². The monoisotopic (exact) mass is 408 g/mol. The van der Waals surface area contributed by atoms with Crippen LogP contribution < -0.4 is 14.4 Å². The number of benzene rings is 2. The quantitative estimate of drug-likeness (QED) is 0.611. The number of carboxylic acids is 1. The predicted octanol–water partition coefficient (Wildman–Crippen LogP) is 4.62. The van der Waals surface area contributed by atoms with Crippen LogP contribution in [-0.2, 0) is 6.54 Å². The predicted molar refractivity (Wildman–Crippen MR) is 95.4 cm³/mol. The SMILES string of the molecule is COc1ccc(N(Cc2cnco2)c2ccc(C(=O)O)cc2)cc1OC(F)(F)F. The van der Waals surface area contributed by atoms with Crippen LogP contribution >= 0.6 is 0 Å². The molecule has 29 heavy (non-hydrogen) atoms. The highest BCUT2D eigenvalue weighted by atomic mass is 19.4. The standard InChI is InChI=1S/C19H15F3N2O5/c1-27-16-7-6-14(8-17(16)29-19(20,21)22)24(10-15-9-23-11-28-15)13-4-2-12(3-5-13)18(25)26/h2-9,11H,10H2,1H3,(H,25,26). The Bertz CT molecular complexity index is 973. The van der Waals surface area contributed by atoms with Gasteiger partial charge in [0, 0.05) is 17.4 Å². The van der Waals surface area contributed by atoms with E-state index in [9.17, 15) is 18.0 Å². The van der Waals surface area contributed by atoms with Gasteiger partial charge in [-0.05, 0) is 36.4 Å². The molecule has 0 aliphatic heterocycles. The first-order valence-corrected chi connectivity index (χ1v) is 8.19. The van der Waals surface area contributed by atoms with Gasteiger partial charge in [0.25, 0.3) is 0 Å². The molecule has 0 spiro atoms. The van der Waals surface area contributed by atoms with E-state index in [4.69, 9.17) is 14.3 Å². The Hall–Kier alpha value is -3.69. The van der Waals surface area contributed by atoms with E-state index in [0.29, 0.717) is 17.1 Å². The van der Waals surface area contributed by atoms with E-state index in [-0.39, 0.29) is 17.9 Å². The summed E-state index contributed by atoms with van der Waals surface area (Å²) in [6.07, 6.45) is -2.20. The molecule has 1 aromatic heterocycles. The second-order valence-corrected chi connectivity index (χ2v) is 5.79. The molecule has 10 heteroatoms. The summed E-state index contributed by atoms with van der Waals surface area (Å²) in [5, 5.41) is 9.07. The number of alkyl halides is 3. The zero-order valence-corrected chi connectivity index (χ0v) is 15.0. The Morgan fingerprint density at radius 1 is 1.14 bits per heavy atom. The molecule has 0 aliphatic carbocycles. The maximum atomic E-state index is 12.8. The first kappa shape index (κ1) is 20.1. The third-order valence-electron chi connectivity index (χ3n) is 3.91. The van der Waals surface area contributed by atoms with E-state index in [2.05, 4.69) is 9.72 Å². The van der Waals surface area contributed by atoms with Crippen molar-refractivity contribution >= 4 is 17.3 Å². The Balaban J connectivity index is 2.03. The van der Waals surface area contributed by atoms with E-state index in [1.165, 1.54) is 56.1 Å². The van der Waals surface area contributed by atoms with E-state index in [1.54, 1.807) is 11.0 Å². The van der Waals surface area contributed by atoms with Gasteiger partial charge in [-0.15, -0.1) is 13.2 Å². The normalized spacial score (nSPS) is 11.2. The zero-order chi connectivity index (χ0) is 21.0.